The van der Waals surface area contributed by atoms with Crippen LogP contribution in [0.2, 0.25) is 0 Å². The fourth-order valence-electron chi connectivity index (χ4n) is 0.992. The minimum atomic E-state index is -0.833. The Morgan fingerprint density at radius 1 is 1.60 bits per heavy atom. The lowest BCUT2D eigenvalue weighted by Gasteiger charge is -2.07. The van der Waals surface area contributed by atoms with Gasteiger partial charge in [-0.25, -0.2) is 9.78 Å². The van der Waals surface area contributed by atoms with Gasteiger partial charge >= 0.3 is 5.97 Å². The quantitative estimate of drug-likeness (QED) is 0.437. The zero-order valence-electron chi connectivity index (χ0n) is 8.47. The molecule has 1 heterocycles. The predicted octanol–water partition coefficient (Wildman–Crippen LogP) is -0.00560. The van der Waals surface area contributed by atoms with Crippen LogP contribution in [-0.2, 0) is 11.8 Å². The maximum absolute atomic E-state index is 11.4. The van der Waals surface area contributed by atoms with Crippen molar-refractivity contribution >= 4 is 17.7 Å². The van der Waals surface area contributed by atoms with E-state index in [9.17, 15) is 14.7 Å². The van der Waals surface area contributed by atoms with Crippen molar-refractivity contribution in [1.29, 1.82) is 0 Å². The molecule has 0 aliphatic heterocycles. The molecule has 0 bridgehead atoms. The van der Waals surface area contributed by atoms with E-state index in [0.29, 0.717) is 5.16 Å². The Balaban J connectivity index is 3.49. The highest BCUT2D eigenvalue weighted by Gasteiger charge is 2.19. The molecule has 82 valence electrons. The maximum atomic E-state index is 11.4. The maximum Gasteiger partial charge on any atom is 0.360 e. The van der Waals surface area contributed by atoms with Crippen molar-refractivity contribution < 1.29 is 14.6 Å². The van der Waals surface area contributed by atoms with Gasteiger partial charge in [-0.15, -0.1) is 0 Å². The number of hydrogen-bond donors (Lipinski definition) is 1. The average Bonchev–Trinajstić information content (AvgIpc) is 2.25. The van der Waals surface area contributed by atoms with Gasteiger partial charge in [0.05, 0.1) is 7.11 Å². The molecule has 1 N–H and O–H groups in total. The first kappa shape index (κ1) is 11.6. The van der Waals surface area contributed by atoms with Crippen LogP contribution in [0.4, 0.5) is 0 Å². The Kier molecular flexibility index (Phi) is 3.35. The summed E-state index contributed by atoms with van der Waals surface area (Å²) in [5.41, 5.74) is -1.03. The van der Waals surface area contributed by atoms with Crippen LogP contribution in [0, 0.1) is 0 Å². The molecule has 0 fully saturated rings. The first-order valence-electron chi connectivity index (χ1n) is 3.95. The third-order valence-corrected chi connectivity index (χ3v) is 2.52. The molecular formula is C8H10N2O4S. The van der Waals surface area contributed by atoms with Crippen molar-refractivity contribution in [2.75, 3.05) is 13.4 Å². The Morgan fingerprint density at radius 3 is 2.67 bits per heavy atom. The number of nitrogens with zero attached hydrogens (tertiary/aromatic N) is 2. The van der Waals surface area contributed by atoms with Crippen molar-refractivity contribution in [2.45, 2.75) is 5.16 Å². The van der Waals surface area contributed by atoms with Crippen LogP contribution in [0.25, 0.3) is 0 Å². The van der Waals surface area contributed by atoms with E-state index in [-0.39, 0.29) is 5.69 Å². The van der Waals surface area contributed by atoms with Gasteiger partial charge in [-0.3, -0.25) is 9.36 Å². The smallest absolute Gasteiger partial charge is 0.360 e. The number of carbonyl (C=O) groups excluding carboxylic acids is 1. The van der Waals surface area contributed by atoms with Crippen LogP contribution in [0.1, 0.15) is 10.5 Å². The van der Waals surface area contributed by atoms with E-state index in [1.54, 1.807) is 6.26 Å². The largest absolute Gasteiger partial charge is 0.501 e. The van der Waals surface area contributed by atoms with E-state index in [4.69, 9.17) is 0 Å². The van der Waals surface area contributed by atoms with Crippen molar-refractivity contribution in [3.63, 3.8) is 0 Å². The summed E-state index contributed by atoms with van der Waals surface area (Å²) in [5, 5.41) is 9.73. The summed E-state index contributed by atoms with van der Waals surface area (Å²) in [6.07, 6.45) is 1.71. The number of methoxy groups -OCH3 is 1. The minimum Gasteiger partial charge on any atom is -0.501 e. The lowest BCUT2D eigenvalue weighted by molar-refractivity contribution is 0.0588. The standard InChI is InChI=1S/C8H10N2O4S/c1-10-6(12)5(11)4(7(13)14-2)9-8(10)15-3/h11H,1-3H3. The summed E-state index contributed by atoms with van der Waals surface area (Å²) in [7, 11) is 2.61. The van der Waals surface area contributed by atoms with Gasteiger partial charge in [-0.2, -0.15) is 0 Å². The van der Waals surface area contributed by atoms with Gasteiger partial charge in [0.25, 0.3) is 5.56 Å². The van der Waals surface area contributed by atoms with E-state index in [1.807, 2.05) is 0 Å². The third kappa shape index (κ3) is 1.96. The van der Waals surface area contributed by atoms with Gasteiger partial charge < -0.3 is 9.84 Å². The van der Waals surface area contributed by atoms with E-state index in [0.717, 1.165) is 11.7 Å². The zero-order chi connectivity index (χ0) is 11.6. The van der Waals surface area contributed by atoms with Gasteiger partial charge in [0, 0.05) is 7.05 Å². The number of esters is 1. The number of aromatic nitrogens is 2. The Labute approximate surface area is 89.9 Å². The molecule has 0 saturated carbocycles. The van der Waals surface area contributed by atoms with E-state index >= 15 is 0 Å². The summed E-state index contributed by atoms with van der Waals surface area (Å²) in [6.45, 7) is 0. The van der Waals surface area contributed by atoms with Crippen molar-refractivity contribution in [3.8, 4) is 5.75 Å². The summed E-state index contributed by atoms with van der Waals surface area (Å²) in [5.74, 6) is -1.53. The average molecular weight is 230 g/mol. The number of rotatable bonds is 2. The highest BCUT2D eigenvalue weighted by Crippen LogP contribution is 2.15. The van der Waals surface area contributed by atoms with Gasteiger partial charge in [-0.05, 0) is 6.26 Å². The Morgan fingerprint density at radius 2 is 2.20 bits per heavy atom. The second kappa shape index (κ2) is 4.35. The molecule has 1 rings (SSSR count). The van der Waals surface area contributed by atoms with Crippen molar-refractivity contribution in [2.24, 2.45) is 7.05 Å². The number of ether oxygens (including phenoxy) is 1. The molecule has 15 heavy (non-hydrogen) atoms. The molecule has 6 nitrogen and oxygen atoms in total. The predicted molar refractivity (Wildman–Crippen MR) is 54.3 cm³/mol. The molecule has 0 aliphatic rings. The molecular weight excluding hydrogens is 220 g/mol. The molecule has 0 amide bonds. The molecule has 1 aromatic heterocycles. The first-order chi connectivity index (χ1) is 7.02. The summed E-state index contributed by atoms with van der Waals surface area (Å²) in [4.78, 5) is 26.4. The lowest BCUT2D eigenvalue weighted by atomic mass is 10.4. The molecule has 0 aliphatic carbocycles. The highest BCUT2D eigenvalue weighted by atomic mass is 32.2. The van der Waals surface area contributed by atoms with Gasteiger partial charge in [-0.1, -0.05) is 11.8 Å². The lowest BCUT2D eigenvalue weighted by Crippen LogP contribution is -2.23. The zero-order valence-corrected chi connectivity index (χ0v) is 9.29. The normalized spacial score (nSPS) is 10.1. The fraction of sp³-hybridized carbons (Fsp3) is 0.375. The second-order valence-electron chi connectivity index (χ2n) is 2.65. The van der Waals surface area contributed by atoms with Crippen LogP contribution < -0.4 is 5.56 Å². The van der Waals surface area contributed by atoms with Gasteiger partial charge in [0.1, 0.15) is 0 Å². The van der Waals surface area contributed by atoms with Crippen molar-refractivity contribution in [3.05, 3.63) is 16.0 Å². The van der Waals surface area contributed by atoms with Gasteiger partial charge in [0.2, 0.25) is 5.75 Å². The molecule has 0 atom stereocenters. The molecule has 0 aromatic carbocycles. The monoisotopic (exact) mass is 230 g/mol. The SMILES string of the molecule is COC(=O)c1nc(SC)n(C)c(=O)c1O. The highest BCUT2D eigenvalue weighted by molar-refractivity contribution is 7.98. The topological polar surface area (TPSA) is 81.4 Å². The van der Waals surface area contributed by atoms with Gasteiger partial charge in [0.15, 0.2) is 10.9 Å². The molecule has 7 heteroatoms. The molecule has 1 aromatic rings. The van der Waals surface area contributed by atoms with E-state index in [1.165, 1.54) is 18.8 Å². The van der Waals surface area contributed by atoms with Crippen LogP contribution in [0.5, 0.6) is 5.75 Å². The van der Waals surface area contributed by atoms with E-state index in [2.05, 4.69) is 9.72 Å². The first-order valence-corrected chi connectivity index (χ1v) is 5.17. The number of thioether (sulfide) groups is 1. The molecule has 0 unspecified atom stereocenters. The Hall–Kier alpha value is -1.50. The Bertz CT molecular complexity index is 455. The molecule has 0 spiro atoms. The fourth-order valence-corrected chi connectivity index (χ4v) is 1.53. The van der Waals surface area contributed by atoms with Crippen LogP contribution in [-0.4, -0.2) is 34.0 Å². The summed E-state index contributed by atoms with van der Waals surface area (Å²) >= 11 is 1.19. The summed E-state index contributed by atoms with van der Waals surface area (Å²) < 4.78 is 5.55. The number of aromatic hydroxyl groups is 1. The molecule has 0 radical (unpaired) electrons. The molecule has 0 saturated heterocycles. The number of carbonyl (C=O) groups is 1. The minimum absolute atomic E-state index is 0.332. The van der Waals surface area contributed by atoms with E-state index < -0.39 is 17.3 Å². The van der Waals surface area contributed by atoms with Crippen LogP contribution >= 0.6 is 11.8 Å². The van der Waals surface area contributed by atoms with Crippen molar-refractivity contribution in [1.82, 2.24) is 9.55 Å². The second-order valence-corrected chi connectivity index (χ2v) is 3.42. The van der Waals surface area contributed by atoms with Crippen LogP contribution in [0.15, 0.2) is 9.95 Å². The third-order valence-electron chi connectivity index (χ3n) is 1.79. The van der Waals surface area contributed by atoms with Crippen LogP contribution in [0.3, 0.4) is 0 Å². The summed E-state index contributed by atoms with van der Waals surface area (Å²) in [6, 6.07) is 0. The number of hydrogen-bond acceptors (Lipinski definition) is 6.